The lowest BCUT2D eigenvalue weighted by Gasteiger charge is -2.13. The minimum Gasteiger partial charge on any atom is -0.394 e. The lowest BCUT2D eigenvalue weighted by Crippen LogP contribution is -2.03. The molecule has 3 N–H and O–H groups in total. The van der Waals surface area contributed by atoms with Gasteiger partial charge in [-0.05, 0) is 36.8 Å². The Kier molecular flexibility index (Phi) is 4.69. The summed E-state index contributed by atoms with van der Waals surface area (Å²) in [5.74, 6) is 0.573. The predicted octanol–water partition coefficient (Wildman–Crippen LogP) is 4.92. The van der Waals surface area contributed by atoms with E-state index in [-0.39, 0.29) is 0 Å². The molecule has 1 heterocycles. The van der Waals surface area contributed by atoms with E-state index in [1.807, 2.05) is 55.5 Å². The molecule has 0 atom stereocenters. The fraction of sp³-hybridized carbons (Fsp3) is 0.0588. The highest BCUT2D eigenvalue weighted by atomic mass is 35.5. The summed E-state index contributed by atoms with van der Waals surface area (Å²) >= 11 is 7.56. The number of nitrogens with one attached hydrogen (secondary N) is 1. The number of aromatic nitrogens is 2. The van der Waals surface area contributed by atoms with Crippen LogP contribution in [0.4, 0.5) is 17.2 Å². The van der Waals surface area contributed by atoms with Crippen molar-refractivity contribution in [2.75, 3.05) is 11.1 Å². The molecule has 0 unspecified atom stereocenters. The Balaban J connectivity index is 1.89. The summed E-state index contributed by atoms with van der Waals surface area (Å²) in [7, 11) is 0. The van der Waals surface area contributed by atoms with Crippen molar-refractivity contribution in [2.45, 2.75) is 16.8 Å². The monoisotopic (exact) mass is 342 g/mol. The average Bonchev–Trinajstić information content (AvgIpc) is 2.55. The topological polar surface area (TPSA) is 63.8 Å². The summed E-state index contributed by atoms with van der Waals surface area (Å²) in [6.07, 6.45) is 1.50. The highest BCUT2D eigenvalue weighted by molar-refractivity contribution is 7.99. The average molecular weight is 343 g/mol. The van der Waals surface area contributed by atoms with Gasteiger partial charge in [-0.25, -0.2) is 9.97 Å². The molecule has 6 heteroatoms. The molecule has 0 aliphatic rings. The van der Waals surface area contributed by atoms with Crippen LogP contribution in [0.5, 0.6) is 0 Å². The molecule has 0 aliphatic heterocycles. The van der Waals surface area contributed by atoms with Crippen molar-refractivity contribution in [3.8, 4) is 0 Å². The molecule has 2 aromatic carbocycles. The van der Waals surface area contributed by atoms with E-state index in [1.165, 1.54) is 18.1 Å². The van der Waals surface area contributed by atoms with Crippen molar-refractivity contribution < 1.29 is 0 Å². The number of rotatable bonds is 4. The summed E-state index contributed by atoms with van der Waals surface area (Å²) in [5, 5.41) is 4.61. The number of nitrogen functional groups attached to an aromatic ring is 1. The SMILES string of the molecule is Cc1ccc(Cl)cc1Nc1ncnc(Sc2ccccc2)c1N. The number of anilines is 3. The van der Waals surface area contributed by atoms with Gasteiger partial charge >= 0.3 is 0 Å². The third kappa shape index (κ3) is 3.75. The van der Waals surface area contributed by atoms with Gasteiger partial charge in [0.1, 0.15) is 17.0 Å². The summed E-state index contributed by atoms with van der Waals surface area (Å²) < 4.78 is 0. The summed E-state index contributed by atoms with van der Waals surface area (Å²) in [6.45, 7) is 2.00. The molecule has 0 fully saturated rings. The predicted molar refractivity (Wildman–Crippen MR) is 96.5 cm³/mol. The Bertz CT molecular complexity index is 824. The zero-order chi connectivity index (χ0) is 16.2. The van der Waals surface area contributed by atoms with Crippen molar-refractivity contribution in [3.63, 3.8) is 0 Å². The van der Waals surface area contributed by atoms with Crippen LogP contribution in [0.1, 0.15) is 5.56 Å². The van der Waals surface area contributed by atoms with Crippen LogP contribution in [0.2, 0.25) is 5.02 Å². The molecule has 0 bridgehead atoms. The Hall–Kier alpha value is -2.24. The number of hydrogen-bond acceptors (Lipinski definition) is 5. The molecule has 0 saturated carbocycles. The van der Waals surface area contributed by atoms with Gasteiger partial charge in [0, 0.05) is 15.6 Å². The van der Waals surface area contributed by atoms with E-state index in [0.717, 1.165) is 16.1 Å². The second kappa shape index (κ2) is 6.89. The molecule has 3 rings (SSSR count). The van der Waals surface area contributed by atoms with Gasteiger partial charge in [-0.15, -0.1) is 0 Å². The van der Waals surface area contributed by atoms with E-state index in [2.05, 4.69) is 15.3 Å². The molecule has 3 aromatic rings. The Morgan fingerprint density at radius 2 is 1.87 bits per heavy atom. The molecule has 4 nitrogen and oxygen atoms in total. The van der Waals surface area contributed by atoms with Gasteiger partial charge in [0.15, 0.2) is 5.82 Å². The maximum atomic E-state index is 6.23. The number of hydrogen-bond donors (Lipinski definition) is 2. The first-order valence-electron chi connectivity index (χ1n) is 7.00. The van der Waals surface area contributed by atoms with Crippen LogP contribution >= 0.6 is 23.4 Å². The van der Waals surface area contributed by atoms with Crippen molar-refractivity contribution in [1.29, 1.82) is 0 Å². The highest BCUT2D eigenvalue weighted by Crippen LogP contribution is 2.34. The van der Waals surface area contributed by atoms with Crippen LogP contribution in [0.15, 0.2) is 64.8 Å². The molecule has 0 amide bonds. The second-order valence-corrected chi connectivity index (χ2v) is 6.44. The van der Waals surface area contributed by atoms with Crippen LogP contribution in [0.3, 0.4) is 0 Å². The molecular formula is C17H15ClN4S. The van der Waals surface area contributed by atoms with Gasteiger partial charge in [0.2, 0.25) is 0 Å². The molecular weight excluding hydrogens is 328 g/mol. The smallest absolute Gasteiger partial charge is 0.158 e. The maximum Gasteiger partial charge on any atom is 0.158 e. The fourth-order valence-electron chi connectivity index (χ4n) is 2.02. The molecule has 1 aromatic heterocycles. The molecule has 116 valence electrons. The van der Waals surface area contributed by atoms with Crippen LogP contribution < -0.4 is 11.1 Å². The lowest BCUT2D eigenvalue weighted by molar-refractivity contribution is 1.06. The largest absolute Gasteiger partial charge is 0.394 e. The Labute approximate surface area is 144 Å². The fourth-order valence-corrected chi connectivity index (χ4v) is 3.01. The highest BCUT2D eigenvalue weighted by Gasteiger charge is 2.11. The van der Waals surface area contributed by atoms with Crippen molar-refractivity contribution in [2.24, 2.45) is 0 Å². The van der Waals surface area contributed by atoms with Crippen molar-refractivity contribution in [1.82, 2.24) is 9.97 Å². The second-order valence-electron chi connectivity index (χ2n) is 4.94. The van der Waals surface area contributed by atoms with E-state index in [4.69, 9.17) is 17.3 Å². The number of benzene rings is 2. The third-order valence-corrected chi connectivity index (χ3v) is 4.52. The van der Waals surface area contributed by atoms with E-state index in [9.17, 15) is 0 Å². The maximum absolute atomic E-state index is 6.23. The van der Waals surface area contributed by atoms with Gasteiger partial charge < -0.3 is 11.1 Å². The van der Waals surface area contributed by atoms with Crippen LogP contribution in [0.25, 0.3) is 0 Å². The summed E-state index contributed by atoms with van der Waals surface area (Å²) in [5.41, 5.74) is 8.67. The van der Waals surface area contributed by atoms with Crippen LogP contribution in [-0.4, -0.2) is 9.97 Å². The Morgan fingerprint density at radius 1 is 1.09 bits per heavy atom. The van der Waals surface area contributed by atoms with Gasteiger partial charge in [0.25, 0.3) is 0 Å². The first-order chi connectivity index (χ1) is 11.1. The molecule has 0 saturated heterocycles. The minimum atomic E-state index is 0.515. The van der Waals surface area contributed by atoms with Gasteiger partial charge in [-0.3, -0.25) is 0 Å². The van der Waals surface area contributed by atoms with E-state index in [0.29, 0.717) is 21.6 Å². The minimum absolute atomic E-state index is 0.515. The van der Waals surface area contributed by atoms with Crippen LogP contribution in [0, 0.1) is 6.92 Å². The Morgan fingerprint density at radius 3 is 2.65 bits per heavy atom. The van der Waals surface area contributed by atoms with E-state index < -0.39 is 0 Å². The zero-order valence-electron chi connectivity index (χ0n) is 12.5. The first kappa shape index (κ1) is 15.6. The quantitative estimate of drug-likeness (QED) is 0.659. The molecule has 23 heavy (non-hydrogen) atoms. The van der Waals surface area contributed by atoms with Gasteiger partial charge in [-0.1, -0.05) is 47.6 Å². The molecule has 0 spiro atoms. The standard InChI is InChI=1S/C17H15ClN4S/c1-11-7-8-12(18)9-14(11)22-16-15(19)17(21-10-20-16)23-13-5-3-2-4-6-13/h2-10H,19H2,1H3,(H,20,21,22). The summed E-state index contributed by atoms with van der Waals surface area (Å²) in [6, 6.07) is 15.6. The van der Waals surface area contributed by atoms with Crippen molar-refractivity contribution in [3.05, 3.63) is 65.4 Å². The third-order valence-electron chi connectivity index (χ3n) is 3.26. The van der Waals surface area contributed by atoms with Gasteiger partial charge in [-0.2, -0.15) is 0 Å². The molecule has 0 aliphatic carbocycles. The number of nitrogens with zero attached hydrogens (tertiary/aromatic N) is 2. The normalized spacial score (nSPS) is 10.5. The van der Waals surface area contributed by atoms with Gasteiger partial charge in [0.05, 0.1) is 0 Å². The number of nitrogens with two attached hydrogens (primary N) is 1. The number of aryl methyl sites for hydroxylation is 1. The lowest BCUT2D eigenvalue weighted by atomic mass is 10.2. The van der Waals surface area contributed by atoms with Crippen LogP contribution in [-0.2, 0) is 0 Å². The zero-order valence-corrected chi connectivity index (χ0v) is 14.0. The first-order valence-corrected chi connectivity index (χ1v) is 8.19. The summed E-state index contributed by atoms with van der Waals surface area (Å²) in [4.78, 5) is 9.59. The molecule has 0 radical (unpaired) electrons. The van der Waals surface area contributed by atoms with E-state index >= 15 is 0 Å². The van der Waals surface area contributed by atoms with E-state index in [1.54, 1.807) is 0 Å². The van der Waals surface area contributed by atoms with Crippen molar-refractivity contribution >= 4 is 40.6 Å². The number of halogens is 1.